The second-order valence-electron chi connectivity index (χ2n) is 4.65. The highest BCUT2D eigenvalue weighted by atomic mass is 79.9. The summed E-state index contributed by atoms with van der Waals surface area (Å²) in [4.78, 5) is 11.8. The van der Waals surface area contributed by atoms with Gasteiger partial charge in [-0.2, -0.15) is 0 Å². The van der Waals surface area contributed by atoms with Crippen molar-refractivity contribution in [3.8, 4) is 0 Å². The summed E-state index contributed by atoms with van der Waals surface area (Å²) in [5, 5.41) is 6.07. The van der Waals surface area contributed by atoms with Gasteiger partial charge < -0.3 is 10.6 Å². The van der Waals surface area contributed by atoms with Crippen molar-refractivity contribution in [2.75, 3.05) is 11.9 Å². The van der Waals surface area contributed by atoms with Gasteiger partial charge in [0.2, 0.25) is 5.91 Å². The molecule has 1 aliphatic rings. The highest BCUT2D eigenvalue weighted by Gasteiger charge is 2.16. The lowest BCUT2D eigenvalue weighted by atomic mass is 10.2. The Morgan fingerprint density at radius 3 is 2.74 bits per heavy atom. The van der Waals surface area contributed by atoms with Gasteiger partial charge in [0.25, 0.3) is 0 Å². The molecule has 104 valence electrons. The predicted octanol–water partition coefficient (Wildman–Crippen LogP) is 3.71. The van der Waals surface area contributed by atoms with Gasteiger partial charge in [0.1, 0.15) is 5.82 Å². The summed E-state index contributed by atoms with van der Waals surface area (Å²) in [6.07, 6.45) is 4.67. The van der Waals surface area contributed by atoms with Crippen LogP contribution in [0.15, 0.2) is 16.6 Å². The topological polar surface area (TPSA) is 41.1 Å². The Morgan fingerprint density at radius 1 is 1.42 bits per heavy atom. The van der Waals surface area contributed by atoms with Crippen molar-refractivity contribution in [2.24, 2.45) is 0 Å². The first-order chi connectivity index (χ1) is 9.06. The lowest BCUT2D eigenvalue weighted by Crippen LogP contribution is -2.34. The molecule has 2 rings (SSSR count). The van der Waals surface area contributed by atoms with E-state index in [1.54, 1.807) is 0 Å². The number of halogens is 3. The minimum absolute atomic E-state index is 0.180. The predicted molar refractivity (Wildman–Crippen MR) is 78.0 cm³/mol. The fourth-order valence-electron chi connectivity index (χ4n) is 2.21. The van der Waals surface area contributed by atoms with Gasteiger partial charge in [0, 0.05) is 10.5 Å². The molecule has 1 amide bonds. The molecule has 1 aliphatic carbocycles. The first-order valence-corrected chi connectivity index (χ1v) is 7.41. The SMILES string of the molecule is O=C(CNC1CCCC1)Nc1c(Cl)cc(F)cc1Br. The molecule has 0 aliphatic heterocycles. The van der Waals surface area contributed by atoms with E-state index in [-0.39, 0.29) is 17.5 Å². The lowest BCUT2D eigenvalue weighted by Gasteiger charge is -2.13. The monoisotopic (exact) mass is 348 g/mol. The molecule has 3 nitrogen and oxygen atoms in total. The number of nitrogens with one attached hydrogen (secondary N) is 2. The third kappa shape index (κ3) is 4.16. The van der Waals surface area contributed by atoms with Crippen LogP contribution in [0.3, 0.4) is 0 Å². The van der Waals surface area contributed by atoms with Gasteiger partial charge in [0.05, 0.1) is 17.3 Å². The summed E-state index contributed by atoms with van der Waals surface area (Å²) in [6.45, 7) is 0.241. The van der Waals surface area contributed by atoms with Crippen LogP contribution in [0.1, 0.15) is 25.7 Å². The molecule has 2 N–H and O–H groups in total. The van der Waals surface area contributed by atoms with Crippen molar-refractivity contribution in [1.82, 2.24) is 5.32 Å². The molecule has 0 radical (unpaired) electrons. The van der Waals surface area contributed by atoms with E-state index in [4.69, 9.17) is 11.6 Å². The zero-order valence-corrected chi connectivity index (χ0v) is 12.7. The van der Waals surface area contributed by atoms with Crippen molar-refractivity contribution < 1.29 is 9.18 Å². The minimum Gasteiger partial charge on any atom is -0.323 e. The van der Waals surface area contributed by atoms with Crippen LogP contribution < -0.4 is 10.6 Å². The van der Waals surface area contributed by atoms with Gasteiger partial charge in [-0.1, -0.05) is 24.4 Å². The zero-order chi connectivity index (χ0) is 13.8. The molecule has 1 saturated carbocycles. The average molecular weight is 350 g/mol. The molecule has 6 heteroatoms. The minimum atomic E-state index is -0.445. The Labute approximate surface area is 125 Å². The first-order valence-electron chi connectivity index (χ1n) is 6.24. The molecular formula is C13H15BrClFN2O. The summed E-state index contributed by atoms with van der Waals surface area (Å²) < 4.78 is 13.5. The van der Waals surface area contributed by atoms with E-state index < -0.39 is 5.82 Å². The van der Waals surface area contributed by atoms with Crippen molar-refractivity contribution in [1.29, 1.82) is 0 Å². The van der Waals surface area contributed by atoms with E-state index in [1.807, 2.05) is 0 Å². The average Bonchev–Trinajstić information content (AvgIpc) is 2.84. The summed E-state index contributed by atoms with van der Waals surface area (Å²) in [5.41, 5.74) is 0.404. The van der Waals surface area contributed by atoms with E-state index in [0.29, 0.717) is 16.2 Å². The standard InChI is InChI=1S/C13H15BrClFN2O/c14-10-5-8(16)6-11(15)13(10)18-12(19)7-17-9-3-1-2-4-9/h5-6,9,17H,1-4,7H2,(H,18,19). The van der Waals surface area contributed by atoms with Gasteiger partial charge in [0.15, 0.2) is 0 Å². The molecule has 1 fully saturated rings. The quantitative estimate of drug-likeness (QED) is 0.870. The van der Waals surface area contributed by atoms with Crippen molar-refractivity contribution in [3.05, 3.63) is 27.4 Å². The summed E-state index contributed by atoms with van der Waals surface area (Å²) >= 11 is 9.09. The molecule has 19 heavy (non-hydrogen) atoms. The molecule has 0 aromatic heterocycles. The highest BCUT2D eigenvalue weighted by Crippen LogP contribution is 2.31. The summed E-state index contributed by atoms with van der Waals surface area (Å²) in [5.74, 6) is -0.625. The Kier molecular flexibility index (Phi) is 5.19. The van der Waals surface area contributed by atoms with E-state index >= 15 is 0 Å². The number of amides is 1. The Hall–Kier alpha value is -0.650. The van der Waals surface area contributed by atoms with Crippen LogP contribution in [-0.4, -0.2) is 18.5 Å². The van der Waals surface area contributed by atoms with Crippen LogP contribution in [0.4, 0.5) is 10.1 Å². The second-order valence-corrected chi connectivity index (χ2v) is 5.92. The van der Waals surface area contributed by atoms with E-state index in [0.717, 1.165) is 12.8 Å². The number of benzene rings is 1. The normalized spacial score (nSPS) is 15.7. The number of hydrogen-bond donors (Lipinski definition) is 2. The van der Waals surface area contributed by atoms with Crippen molar-refractivity contribution in [2.45, 2.75) is 31.7 Å². The van der Waals surface area contributed by atoms with Crippen molar-refractivity contribution in [3.63, 3.8) is 0 Å². The molecule has 1 aromatic rings. The highest BCUT2D eigenvalue weighted by molar-refractivity contribution is 9.10. The molecule has 0 bridgehead atoms. The first kappa shape index (κ1) is 14.8. The summed E-state index contributed by atoms with van der Waals surface area (Å²) in [6, 6.07) is 2.87. The molecule has 0 spiro atoms. The summed E-state index contributed by atoms with van der Waals surface area (Å²) in [7, 11) is 0. The maximum absolute atomic E-state index is 13.1. The molecule has 1 aromatic carbocycles. The Bertz CT molecular complexity index is 455. The molecule has 0 saturated heterocycles. The van der Waals surface area contributed by atoms with Crippen molar-refractivity contribution >= 4 is 39.1 Å². The maximum atomic E-state index is 13.1. The van der Waals surface area contributed by atoms with Crippen LogP contribution in [0.2, 0.25) is 5.02 Å². The molecule has 0 heterocycles. The third-order valence-electron chi connectivity index (χ3n) is 3.18. The van der Waals surface area contributed by atoms with Crippen LogP contribution >= 0.6 is 27.5 Å². The van der Waals surface area contributed by atoms with E-state index in [9.17, 15) is 9.18 Å². The van der Waals surface area contributed by atoms with Crippen LogP contribution in [0, 0.1) is 5.82 Å². The van der Waals surface area contributed by atoms with Gasteiger partial charge in [-0.05, 0) is 40.9 Å². The number of carbonyl (C=O) groups is 1. The lowest BCUT2D eigenvalue weighted by molar-refractivity contribution is -0.115. The van der Waals surface area contributed by atoms with Gasteiger partial charge in [-0.25, -0.2) is 4.39 Å². The largest absolute Gasteiger partial charge is 0.323 e. The fourth-order valence-corrected chi connectivity index (χ4v) is 3.11. The number of hydrogen-bond acceptors (Lipinski definition) is 2. The molecular weight excluding hydrogens is 335 g/mol. The second kappa shape index (κ2) is 6.68. The van der Waals surface area contributed by atoms with E-state index in [1.165, 1.54) is 25.0 Å². The van der Waals surface area contributed by atoms with Gasteiger partial charge in [-0.15, -0.1) is 0 Å². The Balaban J connectivity index is 1.91. The van der Waals surface area contributed by atoms with Gasteiger partial charge >= 0.3 is 0 Å². The Morgan fingerprint density at radius 2 is 2.11 bits per heavy atom. The van der Waals surface area contributed by atoms with Crippen LogP contribution in [-0.2, 0) is 4.79 Å². The van der Waals surface area contributed by atoms with Gasteiger partial charge in [-0.3, -0.25) is 4.79 Å². The fraction of sp³-hybridized carbons (Fsp3) is 0.462. The number of anilines is 1. The van der Waals surface area contributed by atoms with Crippen LogP contribution in [0.5, 0.6) is 0 Å². The van der Waals surface area contributed by atoms with Crippen LogP contribution in [0.25, 0.3) is 0 Å². The zero-order valence-electron chi connectivity index (χ0n) is 10.3. The smallest absolute Gasteiger partial charge is 0.238 e. The third-order valence-corrected chi connectivity index (χ3v) is 4.10. The maximum Gasteiger partial charge on any atom is 0.238 e. The molecule has 0 unspecified atom stereocenters. The number of rotatable bonds is 4. The number of carbonyl (C=O) groups excluding carboxylic acids is 1. The van der Waals surface area contributed by atoms with E-state index in [2.05, 4.69) is 26.6 Å². The molecule has 0 atom stereocenters.